The molecule has 0 saturated heterocycles. The number of methoxy groups -OCH3 is 2. The van der Waals surface area contributed by atoms with Gasteiger partial charge in [0.15, 0.2) is 23.9 Å². The van der Waals surface area contributed by atoms with E-state index in [1.54, 1.807) is 13.8 Å². The lowest BCUT2D eigenvalue weighted by Gasteiger charge is -2.11. The number of hydrogen-bond donors (Lipinski definition) is 1. The van der Waals surface area contributed by atoms with Crippen LogP contribution in [-0.2, 0) is 16.2 Å². The molecule has 0 saturated carbocycles. The lowest BCUT2D eigenvalue weighted by Crippen LogP contribution is -2.13. The maximum absolute atomic E-state index is 13.2. The van der Waals surface area contributed by atoms with Gasteiger partial charge < -0.3 is 24.1 Å². The van der Waals surface area contributed by atoms with Crippen molar-refractivity contribution in [2.24, 2.45) is 0 Å². The number of carboxylic acid groups (broad SMARTS) is 1. The highest BCUT2D eigenvalue weighted by atomic mass is 16.7. The number of nitrogens with zero attached hydrogens (tertiary/aromatic N) is 4. The molecule has 0 aliphatic rings. The van der Waals surface area contributed by atoms with E-state index in [1.165, 1.54) is 21.1 Å². The molecular formula is C18H22N4O9. The first kappa shape index (κ1) is 23.5. The van der Waals surface area contributed by atoms with Crippen molar-refractivity contribution in [3.8, 4) is 11.5 Å². The van der Waals surface area contributed by atoms with Gasteiger partial charge in [0.1, 0.15) is 17.4 Å². The molecule has 1 atom stereocenters. The number of rotatable bonds is 10. The first-order valence-electron chi connectivity index (χ1n) is 9.00. The average Bonchev–Trinajstić information content (AvgIpc) is 3.14. The standard InChI is InChI=1S/C18H22N4O9/c1-9(2)30-8-21-19-15(10(3)31-18(24)25)16(20-21)17(23)11-6-13(28-4)14(29-5)7-12(11)22(26)27/h6-7,9-10H,8H2,1-5H3,(H,24,25). The van der Waals surface area contributed by atoms with E-state index in [4.69, 9.17) is 24.1 Å². The van der Waals surface area contributed by atoms with Gasteiger partial charge in [-0.1, -0.05) is 0 Å². The van der Waals surface area contributed by atoms with Crippen molar-refractivity contribution in [3.05, 3.63) is 39.2 Å². The molecule has 1 aromatic carbocycles. The molecule has 0 bridgehead atoms. The van der Waals surface area contributed by atoms with Gasteiger partial charge in [-0.25, -0.2) is 4.79 Å². The molecular weight excluding hydrogens is 416 g/mol. The molecule has 168 valence electrons. The van der Waals surface area contributed by atoms with E-state index >= 15 is 0 Å². The molecule has 0 spiro atoms. The van der Waals surface area contributed by atoms with E-state index in [0.29, 0.717) is 0 Å². The number of ether oxygens (including phenoxy) is 4. The summed E-state index contributed by atoms with van der Waals surface area (Å²) in [5, 5.41) is 28.6. The Morgan fingerprint density at radius 3 is 2.29 bits per heavy atom. The molecule has 13 nitrogen and oxygen atoms in total. The molecule has 1 N–H and O–H groups in total. The normalized spacial score (nSPS) is 11.8. The van der Waals surface area contributed by atoms with Crippen molar-refractivity contribution in [1.29, 1.82) is 0 Å². The van der Waals surface area contributed by atoms with Crippen LogP contribution in [0.25, 0.3) is 0 Å². The third-order valence-corrected chi connectivity index (χ3v) is 4.03. The molecule has 0 aliphatic carbocycles. The Bertz CT molecular complexity index is 987. The Kier molecular flexibility index (Phi) is 7.47. The minimum Gasteiger partial charge on any atom is -0.493 e. The van der Waals surface area contributed by atoms with Gasteiger partial charge >= 0.3 is 6.16 Å². The molecule has 1 heterocycles. The van der Waals surface area contributed by atoms with E-state index in [0.717, 1.165) is 16.9 Å². The number of carbonyl (C=O) groups is 2. The molecule has 1 aromatic heterocycles. The van der Waals surface area contributed by atoms with Crippen molar-refractivity contribution < 1.29 is 38.6 Å². The van der Waals surface area contributed by atoms with Crippen LogP contribution in [-0.4, -0.2) is 57.3 Å². The van der Waals surface area contributed by atoms with Crippen LogP contribution < -0.4 is 9.47 Å². The molecule has 31 heavy (non-hydrogen) atoms. The van der Waals surface area contributed by atoms with E-state index in [2.05, 4.69) is 10.2 Å². The van der Waals surface area contributed by atoms with Crippen LogP contribution in [0.15, 0.2) is 12.1 Å². The van der Waals surface area contributed by atoms with Gasteiger partial charge in [0.25, 0.3) is 5.69 Å². The zero-order chi connectivity index (χ0) is 23.3. The summed E-state index contributed by atoms with van der Waals surface area (Å²) in [6.45, 7) is 4.77. The summed E-state index contributed by atoms with van der Waals surface area (Å²) < 4.78 is 20.3. The predicted octanol–water partition coefficient (Wildman–Crippen LogP) is 2.57. The third kappa shape index (κ3) is 5.45. The van der Waals surface area contributed by atoms with Crippen molar-refractivity contribution in [1.82, 2.24) is 15.0 Å². The fourth-order valence-corrected chi connectivity index (χ4v) is 2.61. The zero-order valence-corrected chi connectivity index (χ0v) is 17.5. The summed E-state index contributed by atoms with van der Waals surface area (Å²) in [6, 6.07) is 2.20. The van der Waals surface area contributed by atoms with Crippen LogP contribution in [0.1, 0.15) is 48.6 Å². The van der Waals surface area contributed by atoms with Gasteiger partial charge in [-0.2, -0.15) is 9.90 Å². The molecule has 2 aromatic rings. The van der Waals surface area contributed by atoms with E-state index in [-0.39, 0.29) is 41.3 Å². The minimum atomic E-state index is -1.59. The summed E-state index contributed by atoms with van der Waals surface area (Å²) in [5.74, 6) is -0.731. The highest BCUT2D eigenvalue weighted by Gasteiger charge is 2.32. The second-order valence-electron chi connectivity index (χ2n) is 6.49. The van der Waals surface area contributed by atoms with Crippen LogP contribution >= 0.6 is 0 Å². The van der Waals surface area contributed by atoms with E-state index in [9.17, 15) is 19.7 Å². The maximum atomic E-state index is 13.2. The Balaban J connectivity index is 2.61. The van der Waals surface area contributed by atoms with Gasteiger partial charge in [0, 0.05) is 6.07 Å². The van der Waals surface area contributed by atoms with Crippen molar-refractivity contribution in [3.63, 3.8) is 0 Å². The van der Waals surface area contributed by atoms with Gasteiger partial charge in [-0.3, -0.25) is 14.9 Å². The smallest absolute Gasteiger partial charge is 0.493 e. The molecule has 0 aliphatic heterocycles. The van der Waals surface area contributed by atoms with Gasteiger partial charge in [-0.05, 0) is 20.8 Å². The zero-order valence-electron chi connectivity index (χ0n) is 17.5. The Morgan fingerprint density at radius 1 is 1.16 bits per heavy atom. The second-order valence-corrected chi connectivity index (χ2v) is 6.49. The summed E-state index contributed by atoms with van der Waals surface area (Å²) in [6.07, 6.45) is -2.94. The highest BCUT2D eigenvalue weighted by molar-refractivity contribution is 6.11. The minimum absolute atomic E-state index is 0.0579. The Hall–Kier alpha value is -3.74. The van der Waals surface area contributed by atoms with Crippen LogP contribution in [0.5, 0.6) is 11.5 Å². The topological polar surface area (TPSA) is 165 Å². The number of aromatic nitrogens is 3. The molecule has 0 radical (unpaired) electrons. The van der Waals surface area contributed by atoms with Crippen LogP contribution in [0, 0.1) is 10.1 Å². The SMILES string of the molecule is COc1cc(C(=O)c2nn(COC(C)C)nc2C(C)OC(=O)O)c([N+](=O)[O-])cc1OC. The monoisotopic (exact) mass is 438 g/mol. The summed E-state index contributed by atoms with van der Waals surface area (Å²) in [5.41, 5.74) is -1.34. The Labute approximate surface area is 176 Å². The number of nitro groups is 1. The largest absolute Gasteiger partial charge is 0.506 e. The number of ketones is 1. The van der Waals surface area contributed by atoms with Crippen LogP contribution in [0.2, 0.25) is 0 Å². The predicted molar refractivity (Wildman–Crippen MR) is 103 cm³/mol. The van der Waals surface area contributed by atoms with Gasteiger partial charge in [-0.15, -0.1) is 5.10 Å². The molecule has 1 unspecified atom stereocenters. The molecule has 0 fully saturated rings. The third-order valence-electron chi connectivity index (χ3n) is 4.03. The first-order chi connectivity index (χ1) is 14.6. The fourth-order valence-electron chi connectivity index (χ4n) is 2.61. The molecule has 0 amide bonds. The number of benzene rings is 1. The summed E-state index contributed by atoms with van der Waals surface area (Å²) >= 11 is 0. The Morgan fingerprint density at radius 2 is 1.77 bits per heavy atom. The second kappa shape index (κ2) is 9.84. The van der Waals surface area contributed by atoms with Crippen molar-refractivity contribution >= 4 is 17.6 Å². The lowest BCUT2D eigenvalue weighted by molar-refractivity contribution is -0.385. The van der Waals surface area contributed by atoms with Crippen molar-refractivity contribution in [2.45, 2.75) is 39.7 Å². The van der Waals surface area contributed by atoms with Gasteiger partial charge in [0.2, 0.25) is 5.78 Å². The summed E-state index contributed by atoms with van der Waals surface area (Å²) in [7, 11) is 2.61. The summed E-state index contributed by atoms with van der Waals surface area (Å²) in [4.78, 5) is 36.0. The quantitative estimate of drug-likeness (QED) is 0.251. The van der Waals surface area contributed by atoms with Crippen LogP contribution in [0.4, 0.5) is 10.5 Å². The average molecular weight is 438 g/mol. The molecule has 13 heteroatoms. The van der Waals surface area contributed by atoms with E-state index in [1.807, 2.05) is 0 Å². The first-order valence-corrected chi connectivity index (χ1v) is 9.00. The maximum Gasteiger partial charge on any atom is 0.506 e. The molecule has 2 rings (SSSR count). The number of carbonyl (C=O) groups excluding carboxylic acids is 1. The lowest BCUT2D eigenvalue weighted by atomic mass is 10.0. The number of nitro benzene ring substituents is 1. The van der Waals surface area contributed by atoms with Gasteiger partial charge in [0.05, 0.1) is 31.3 Å². The fraction of sp³-hybridized carbons (Fsp3) is 0.444. The van der Waals surface area contributed by atoms with Crippen LogP contribution in [0.3, 0.4) is 0 Å². The highest BCUT2D eigenvalue weighted by Crippen LogP contribution is 2.36. The van der Waals surface area contributed by atoms with E-state index < -0.39 is 28.7 Å². The van der Waals surface area contributed by atoms with Crippen molar-refractivity contribution in [2.75, 3.05) is 14.2 Å². The number of hydrogen-bond acceptors (Lipinski definition) is 10.